The zero-order chi connectivity index (χ0) is 14.0. The molecule has 0 atom stereocenters. The second kappa shape index (κ2) is 5.26. The molecule has 0 saturated heterocycles. The molecule has 19 heavy (non-hydrogen) atoms. The van der Waals surface area contributed by atoms with E-state index in [4.69, 9.17) is 0 Å². The molecule has 0 aliphatic heterocycles. The summed E-state index contributed by atoms with van der Waals surface area (Å²) in [5.74, 6) is -0.0888. The van der Waals surface area contributed by atoms with E-state index in [1.165, 1.54) is 0 Å². The first-order chi connectivity index (χ1) is 9.02. The number of rotatable bonds is 4. The molecule has 102 valence electrons. The van der Waals surface area contributed by atoms with Gasteiger partial charge in [-0.15, -0.1) is 0 Å². The van der Waals surface area contributed by atoms with Gasteiger partial charge >= 0.3 is 0 Å². The molecular formula is C13H19N5O. The van der Waals surface area contributed by atoms with Gasteiger partial charge in [-0.25, -0.2) is 0 Å². The van der Waals surface area contributed by atoms with Crippen LogP contribution in [-0.2, 0) is 13.0 Å². The predicted octanol–water partition coefficient (Wildman–Crippen LogP) is 1.58. The Labute approximate surface area is 112 Å². The second-order valence-corrected chi connectivity index (χ2v) is 4.73. The van der Waals surface area contributed by atoms with Crippen LogP contribution in [0.3, 0.4) is 0 Å². The number of aromatic amines is 2. The van der Waals surface area contributed by atoms with Crippen molar-refractivity contribution in [3.05, 3.63) is 34.4 Å². The number of H-pyrrole nitrogens is 2. The molecule has 2 N–H and O–H groups in total. The van der Waals surface area contributed by atoms with Gasteiger partial charge in [-0.3, -0.25) is 15.0 Å². The Morgan fingerprint density at radius 1 is 1.32 bits per heavy atom. The van der Waals surface area contributed by atoms with Crippen LogP contribution in [0, 0.1) is 13.8 Å². The van der Waals surface area contributed by atoms with Gasteiger partial charge in [0.15, 0.2) is 5.69 Å². The summed E-state index contributed by atoms with van der Waals surface area (Å²) in [5.41, 5.74) is 4.26. The topological polar surface area (TPSA) is 77.7 Å². The molecule has 0 radical (unpaired) electrons. The minimum Gasteiger partial charge on any atom is -0.334 e. The fraction of sp³-hybridized carbons (Fsp3) is 0.462. The SMILES string of the molecule is CCc1[nH]nc(C(=O)N(C)Cc2cc(C)[nH]n2)c1C. The number of aryl methyl sites for hydroxylation is 2. The lowest BCUT2D eigenvalue weighted by Crippen LogP contribution is -2.27. The van der Waals surface area contributed by atoms with Crippen LogP contribution >= 0.6 is 0 Å². The third kappa shape index (κ3) is 2.67. The number of nitrogens with zero attached hydrogens (tertiary/aromatic N) is 3. The molecule has 0 aliphatic carbocycles. The van der Waals surface area contributed by atoms with E-state index in [2.05, 4.69) is 20.4 Å². The molecule has 0 unspecified atom stereocenters. The smallest absolute Gasteiger partial charge is 0.274 e. The third-order valence-corrected chi connectivity index (χ3v) is 3.17. The zero-order valence-electron chi connectivity index (χ0n) is 11.7. The average Bonchev–Trinajstić information content (AvgIpc) is 2.94. The van der Waals surface area contributed by atoms with Crippen molar-refractivity contribution < 1.29 is 4.79 Å². The van der Waals surface area contributed by atoms with Crippen molar-refractivity contribution in [2.24, 2.45) is 0 Å². The van der Waals surface area contributed by atoms with Gasteiger partial charge in [-0.1, -0.05) is 6.92 Å². The van der Waals surface area contributed by atoms with Crippen LogP contribution in [0.2, 0.25) is 0 Å². The maximum Gasteiger partial charge on any atom is 0.274 e. The standard InChI is InChI=1S/C13H19N5O/c1-5-11-9(3)12(17-16-11)13(19)18(4)7-10-6-8(2)14-15-10/h6H,5,7H2,1-4H3,(H,14,15)(H,16,17). The van der Waals surface area contributed by atoms with E-state index in [9.17, 15) is 4.79 Å². The summed E-state index contributed by atoms with van der Waals surface area (Å²) in [7, 11) is 1.76. The number of aromatic nitrogens is 4. The Bertz CT molecular complexity index is 584. The van der Waals surface area contributed by atoms with E-state index in [1.54, 1.807) is 11.9 Å². The molecule has 6 nitrogen and oxygen atoms in total. The number of carbonyl (C=O) groups excluding carboxylic acids is 1. The highest BCUT2D eigenvalue weighted by Crippen LogP contribution is 2.13. The second-order valence-electron chi connectivity index (χ2n) is 4.73. The molecule has 0 bridgehead atoms. The zero-order valence-corrected chi connectivity index (χ0v) is 11.7. The minimum atomic E-state index is -0.0888. The largest absolute Gasteiger partial charge is 0.334 e. The normalized spacial score (nSPS) is 10.7. The molecule has 0 aromatic carbocycles. The molecular weight excluding hydrogens is 242 g/mol. The first kappa shape index (κ1) is 13.3. The summed E-state index contributed by atoms with van der Waals surface area (Å²) in [6.45, 7) is 6.35. The lowest BCUT2D eigenvalue weighted by atomic mass is 10.1. The Balaban J connectivity index is 2.12. The number of amides is 1. The molecule has 0 aliphatic rings. The van der Waals surface area contributed by atoms with Crippen molar-refractivity contribution in [3.63, 3.8) is 0 Å². The first-order valence-corrected chi connectivity index (χ1v) is 6.33. The number of hydrogen-bond acceptors (Lipinski definition) is 3. The van der Waals surface area contributed by atoms with Crippen molar-refractivity contribution in [1.82, 2.24) is 25.3 Å². The minimum absolute atomic E-state index is 0.0888. The molecule has 2 rings (SSSR count). The van der Waals surface area contributed by atoms with Gasteiger partial charge < -0.3 is 4.90 Å². The molecule has 0 spiro atoms. The van der Waals surface area contributed by atoms with Crippen molar-refractivity contribution in [2.75, 3.05) is 7.05 Å². The maximum absolute atomic E-state index is 12.3. The quantitative estimate of drug-likeness (QED) is 0.877. The Morgan fingerprint density at radius 3 is 2.58 bits per heavy atom. The number of hydrogen-bond donors (Lipinski definition) is 2. The van der Waals surface area contributed by atoms with E-state index in [-0.39, 0.29) is 5.91 Å². The fourth-order valence-electron chi connectivity index (χ4n) is 2.04. The van der Waals surface area contributed by atoms with Crippen molar-refractivity contribution >= 4 is 5.91 Å². The van der Waals surface area contributed by atoms with Crippen LogP contribution in [0.25, 0.3) is 0 Å². The lowest BCUT2D eigenvalue weighted by Gasteiger charge is -2.14. The van der Waals surface area contributed by atoms with Crippen LogP contribution < -0.4 is 0 Å². The van der Waals surface area contributed by atoms with E-state index >= 15 is 0 Å². The van der Waals surface area contributed by atoms with Gasteiger partial charge in [0.2, 0.25) is 0 Å². The predicted molar refractivity (Wildman–Crippen MR) is 71.8 cm³/mol. The van der Waals surface area contributed by atoms with Crippen molar-refractivity contribution in [1.29, 1.82) is 0 Å². The molecule has 1 amide bonds. The maximum atomic E-state index is 12.3. The van der Waals surface area contributed by atoms with E-state index < -0.39 is 0 Å². The summed E-state index contributed by atoms with van der Waals surface area (Å²) in [6.07, 6.45) is 0.842. The Morgan fingerprint density at radius 2 is 2.05 bits per heavy atom. The molecule has 2 aromatic rings. The highest BCUT2D eigenvalue weighted by Gasteiger charge is 2.19. The summed E-state index contributed by atoms with van der Waals surface area (Å²) >= 11 is 0. The average molecular weight is 261 g/mol. The van der Waals surface area contributed by atoms with Crippen LogP contribution in [0.4, 0.5) is 0 Å². The summed E-state index contributed by atoms with van der Waals surface area (Å²) in [4.78, 5) is 13.9. The van der Waals surface area contributed by atoms with E-state index in [0.29, 0.717) is 12.2 Å². The Kier molecular flexibility index (Phi) is 3.69. The molecule has 0 fully saturated rings. The van der Waals surface area contributed by atoms with Gasteiger partial charge in [0, 0.05) is 24.0 Å². The number of nitrogens with one attached hydrogen (secondary N) is 2. The van der Waals surface area contributed by atoms with E-state index in [1.807, 2.05) is 26.8 Å². The van der Waals surface area contributed by atoms with Crippen LogP contribution in [-0.4, -0.2) is 38.2 Å². The molecule has 2 aromatic heterocycles. The summed E-state index contributed by atoms with van der Waals surface area (Å²) in [6, 6.07) is 1.93. The Hall–Kier alpha value is -2.11. The van der Waals surface area contributed by atoms with Crippen LogP contribution in [0.5, 0.6) is 0 Å². The van der Waals surface area contributed by atoms with Gasteiger partial charge in [-0.2, -0.15) is 10.2 Å². The van der Waals surface area contributed by atoms with Gasteiger partial charge in [0.05, 0.1) is 12.2 Å². The van der Waals surface area contributed by atoms with Crippen LogP contribution in [0.1, 0.15) is 40.1 Å². The third-order valence-electron chi connectivity index (χ3n) is 3.17. The number of carbonyl (C=O) groups is 1. The monoisotopic (exact) mass is 261 g/mol. The van der Waals surface area contributed by atoms with Crippen molar-refractivity contribution in [3.8, 4) is 0 Å². The highest BCUT2D eigenvalue weighted by molar-refractivity contribution is 5.93. The summed E-state index contributed by atoms with van der Waals surface area (Å²) < 4.78 is 0. The summed E-state index contributed by atoms with van der Waals surface area (Å²) in [5, 5.41) is 14.0. The molecule has 2 heterocycles. The van der Waals surface area contributed by atoms with Gasteiger partial charge in [0.1, 0.15) is 0 Å². The first-order valence-electron chi connectivity index (χ1n) is 6.33. The van der Waals surface area contributed by atoms with Crippen molar-refractivity contribution in [2.45, 2.75) is 33.7 Å². The highest BCUT2D eigenvalue weighted by atomic mass is 16.2. The van der Waals surface area contributed by atoms with Crippen LogP contribution in [0.15, 0.2) is 6.07 Å². The van der Waals surface area contributed by atoms with E-state index in [0.717, 1.165) is 29.1 Å². The lowest BCUT2D eigenvalue weighted by molar-refractivity contribution is 0.0777. The molecule has 6 heteroatoms. The molecule has 0 saturated carbocycles. The fourth-order valence-corrected chi connectivity index (χ4v) is 2.04. The van der Waals surface area contributed by atoms with Gasteiger partial charge in [0.25, 0.3) is 5.91 Å². The van der Waals surface area contributed by atoms with Gasteiger partial charge in [-0.05, 0) is 26.3 Å².